The average Bonchev–Trinajstić information content (AvgIpc) is 2.51. The molecule has 2 saturated heterocycles. The molecule has 0 atom stereocenters. The summed E-state index contributed by atoms with van der Waals surface area (Å²) in [5.74, 6) is 1.26. The molecule has 126 valence electrons. The van der Waals surface area contributed by atoms with Gasteiger partial charge in [-0.25, -0.2) is 4.79 Å². The van der Waals surface area contributed by atoms with E-state index in [0.717, 1.165) is 44.9 Å². The van der Waals surface area contributed by atoms with Gasteiger partial charge < -0.3 is 19.7 Å². The van der Waals surface area contributed by atoms with E-state index in [1.165, 1.54) is 0 Å². The minimum atomic E-state index is -0.463. The number of hydrogen-bond donors (Lipinski definition) is 1. The van der Waals surface area contributed by atoms with Crippen LogP contribution in [0, 0.1) is 11.3 Å². The highest BCUT2D eigenvalue weighted by molar-refractivity contribution is 5.95. The molecule has 0 unspecified atom stereocenters. The lowest BCUT2D eigenvalue weighted by Crippen LogP contribution is -2.46. The van der Waals surface area contributed by atoms with Gasteiger partial charge in [0.05, 0.1) is 19.8 Å². The highest BCUT2D eigenvalue weighted by Crippen LogP contribution is 2.21. The van der Waals surface area contributed by atoms with Crippen LogP contribution in [-0.4, -0.2) is 62.8 Å². The van der Waals surface area contributed by atoms with Gasteiger partial charge in [0.2, 0.25) is 0 Å². The molecule has 6 heteroatoms. The van der Waals surface area contributed by atoms with Crippen molar-refractivity contribution in [1.82, 2.24) is 10.2 Å². The molecule has 1 amide bonds. The molecule has 6 nitrogen and oxygen atoms in total. The van der Waals surface area contributed by atoms with Gasteiger partial charge in [-0.05, 0) is 31.8 Å². The van der Waals surface area contributed by atoms with Gasteiger partial charge in [-0.2, -0.15) is 4.99 Å². The molecular weight excluding hydrogens is 282 g/mol. The van der Waals surface area contributed by atoms with Gasteiger partial charge in [-0.1, -0.05) is 20.8 Å². The molecule has 2 aliphatic heterocycles. The van der Waals surface area contributed by atoms with Crippen LogP contribution in [0.2, 0.25) is 0 Å². The fourth-order valence-corrected chi connectivity index (χ4v) is 2.84. The number of hydrogen-bond acceptors (Lipinski definition) is 4. The van der Waals surface area contributed by atoms with Crippen molar-refractivity contribution in [3.63, 3.8) is 0 Å². The normalized spacial score (nSPS) is 21.8. The zero-order valence-electron chi connectivity index (χ0n) is 14.1. The Labute approximate surface area is 133 Å². The van der Waals surface area contributed by atoms with Crippen LogP contribution in [0.1, 0.15) is 33.6 Å². The minimum absolute atomic E-state index is 0.189. The summed E-state index contributed by atoms with van der Waals surface area (Å²) in [4.78, 5) is 18.5. The first-order valence-electron chi connectivity index (χ1n) is 8.26. The summed E-state index contributed by atoms with van der Waals surface area (Å²) < 4.78 is 10.8. The Morgan fingerprint density at radius 2 is 1.91 bits per heavy atom. The van der Waals surface area contributed by atoms with Gasteiger partial charge in [0, 0.05) is 18.5 Å². The van der Waals surface area contributed by atoms with Crippen LogP contribution in [0.3, 0.4) is 0 Å². The number of amidine groups is 1. The van der Waals surface area contributed by atoms with E-state index in [1.807, 2.05) is 0 Å². The number of aliphatic imine (C=N–C) groups is 1. The van der Waals surface area contributed by atoms with Gasteiger partial charge in [0.15, 0.2) is 0 Å². The molecule has 0 aromatic rings. The molecule has 0 aromatic carbocycles. The Morgan fingerprint density at radius 1 is 1.27 bits per heavy atom. The van der Waals surface area contributed by atoms with Gasteiger partial charge in [-0.15, -0.1) is 0 Å². The topological polar surface area (TPSA) is 63.2 Å². The summed E-state index contributed by atoms with van der Waals surface area (Å²) in [6, 6.07) is 0. The molecule has 2 heterocycles. The Morgan fingerprint density at radius 3 is 2.50 bits per heavy atom. The monoisotopic (exact) mass is 311 g/mol. The Balaban J connectivity index is 1.93. The molecule has 0 spiro atoms. The molecule has 2 aliphatic rings. The van der Waals surface area contributed by atoms with E-state index in [1.54, 1.807) is 0 Å². The van der Waals surface area contributed by atoms with Crippen molar-refractivity contribution < 1.29 is 14.3 Å². The van der Waals surface area contributed by atoms with Crippen molar-refractivity contribution in [2.75, 3.05) is 46.0 Å². The van der Waals surface area contributed by atoms with Gasteiger partial charge in [-0.3, -0.25) is 0 Å². The van der Waals surface area contributed by atoms with Gasteiger partial charge in [0.1, 0.15) is 5.84 Å². The minimum Gasteiger partial charge on any atom is -0.448 e. The number of carbonyl (C=O) groups is 1. The molecule has 0 aromatic heterocycles. The van der Waals surface area contributed by atoms with E-state index < -0.39 is 6.09 Å². The van der Waals surface area contributed by atoms with Crippen molar-refractivity contribution in [2.24, 2.45) is 16.3 Å². The Hall–Kier alpha value is -1.14. The quantitative estimate of drug-likeness (QED) is 0.623. The second kappa shape index (κ2) is 7.92. The van der Waals surface area contributed by atoms with Crippen molar-refractivity contribution in [1.29, 1.82) is 0 Å². The molecule has 2 rings (SSSR count). The first kappa shape index (κ1) is 17.2. The molecule has 0 bridgehead atoms. The number of carbonyl (C=O) groups excluding carboxylic acids is 1. The Kier molecular flexibility index (Phi) is 6.20. The number of nitrogens with zero attached hydrogens (tertiary/aromatic N) is 2. The second-order valence-electron chi connectivity index (χ2n) is 7.06. The van der Waals surface area contributed by atoms with Crippen molar-refractivity contribution >= 4 is 11.9 Å². The number of amides is 1. The maximum absolute atomic E-state index is 12.1. The number of piperidine rings is 1. The van der Waals surface area contributed by atoms with E-state index >= 15 is 0 Å². The second-order valence-corrected chi connectivity index (χ2v) is 7.06. The van der Waals surface area contributed by atoms with Crippen LogP contribution in [0.5, 0.6) is 0 Å². The molecular formula is C16H29N3O3. The van der Waals surface area contributed by atoms with Crippen molar-refractivity contribution in [3.8, 4) is 0 Å². The predicted molar refractivity (Wildman–Crippen MR) is 86.2 cm³/mol. The molecule has 2 fully saturated rings. The molecule has 0 saturated carbocycles. The third kappa shape index (κ3) is 5.25. The smallest absolute Gasteiger partial charge is 0.435 e. The first-order chi connectivity index (χ1) is 10.5. The van der Waals surface area contributed by atoms with E-state index in [-0.39, 0.29) is 5.41 Å². The van der Waals surface area contributed by atoms with E-state index in [9.17, 15) is 4.79 Å². The number of rotatable bonds is 2. The summed E-state index contributed by atoms with van der Waals surface area (Å²) in [6.45, 7) is 11.6. The molecule has 0 radical (unpaired) electrons. The maximum atomic E-state index is 12.1. The number of ether oxygens (including phenoxy) is 2. The number of nitrogens with one attached hydrogen (secondary N) is 1. The molecule has 22 heavy (non-hydrogen) atoms. The summed E-state index contributed by atoms with van der Waals surface area (Å²) in [5.41, 5.74) is -0.189. The SMILES string of the molecule is CC(C)(C)/C(=N/C(=O)OCC1CCNCC1)N1CCOCC1. The fourth-order valence-electron chi connectivity index (χ4n) is 2.84. The van der Waals surface area contributed by atoms with Crippen LogP contribution < -0.4 is 5.32 Å². The van der Waals surface area contributed by atoms with Gasteiger partial charge >= 0.3 is 6.09 Å². The molecule has 1 N–H and O–H groups in total. The zero-order chi connectivity index (χ0) is 16.0. The molecule has 0 aliphatic carbocycles. The lowest BCUT2D eigenvalue weighted by molar-refractivity contribution is 0.0641. The summed E-state index contributed by atoms with van der Waals surface area (Å²) in [6.07, 6.45) is 1.66. The lowest BCUT2D eigenvalue weighted by Gasteiger charge is -2.35. The third-order valence-electron chi connectivity index (χ3n) is 4.08. The van der Waals surface area contributed by atoms with Crippen LogP contribution in [-0.2, 0) is 9.47 Å². The third-order valence-corrected chi connectivity index (χ3v) is 4.08. The first-order valence-corrected chi connectivity index (χ1v) is 8.26. The van der Waals surface area contributed by atoms with E-state index in [2.05, 4.69) is 36.0 Å². The van der Waals surface area contributed by atoms with E-state index in [4.69, 9.17) is 9.47 Å². The largest absolute Gasteiger partial charge is 0.448 e. The van der Waals surface area contributed by atoms with E-state index in [0.29, 0.717) is 25.7 Å². The van der Waals surface area contributed by atoms with Crippen molar-refractivity contribution in [3.05, 3.63) is 0 Å². The van der Waals surface area contributed by atoms with Crippen LogP contribution in [0.15, 0.2) is 4.99 Å². The number of morpholine rings is 1. The maximum Gasteiger partial charge on any atom is 0.435 e. The fraction of sp³-hybridized carbons (Fsp3) is 0.875. The lowest BCUT2D eigenvalue weighted by atomic mass is 9.93. The average molecular weight is 311 g/mol. The van der Waals surface area contributed by atoms with Crippen LogP contribution >= 0.6 is 0 Å². The highest BCUT2D eigenvalue weighted by Gasteiger charge is 2.28. The summed E-state index contributed by atoms with van der Waals surface area (Å²) >= 11 is 0. The van der Waals surface area contributed by atoms with Crippen molar-refractivity contribution in [2.45, 2.75) is 33.6 Å². The summed E-state index contributed by atoms with van der Waals surface area (Å²) in [5, 5.41) is 3.31. The summed E-state index contributed by atoms with van der Waals surface area (Å²) in [7, 11) is 0. The zero-order valence-corrected chi connectivity index (χ0v) is 14.1. The van der Waals surface area contributed by atoms with Gasteiger partial charge in [0.25, 0.3) is 0 Å². The standard InChI is InChI=1S/C16H29N3O3/c1-16(2,3)14(19-8-10-21-11-9-19)18-15(20)22-12-13-4-6-17-7-5-13/h13,17H,4-12H2,1-3H3/b18-14-. The van der Waals surface area contributed by atoms with Crippen LogP contribution in [0.25, 0.3) is 0 Å². The Bertz CT molecular complexity index is 392. The highest BCUT2D eigenvalue weighted by atomic mass is 16.5. The van der Waals surface area contributed by atoms with Crippen LogP contribution in [0.4, 0.5) is 4.79 Å². The predicted octanol–water partition coefficient (Wildman–Crippen LogP) is 1.90.